The molecular weight excluding hydrogens is 258 g/mol. The third-order valence-corrected chi connectivity index (χ3v) is 3.25. The van der Waals surface area contributed by atoms with Gasteiger partial charge < -0.3 is 10.2 Å². The molecule has 1 aromatic heterocycles. The summed E-state index contributed by atoms with van der Waals surface area (Å²) in [5.74, 6) is 0.239. The zero-order valence-electron chi connectivity index (χ0n) is 10.9. The van der Waals surface area contributed by atoms with Crippen LogP contribution in [0.2, 0.25) is 0 Å². The summed E-state index contributed by atoms with van der Waals surface area (Å²) in [7, 11) is 1.76. The molecule has 3 rings (SSSR count). The molecule has 2 heterocycles. The molecule has 102 valence electrons. The van der Waals surface area contributed by atoms with Crippen molar-refractivity contribution in [3.63, 3.8) is 0 Å². The molecule has 0 saturated carbocycles. The topological polar surface area (TPSA) is 80.1 Å². The van der Waals surface area contributed by atoms with Crippen LogP contribution in [0.1, 0.15) is 16.2 Å². The van der Waals surface area contributed by atoms with Crippen molar-refractivity contribution >= 4 is 17.5 Å². The maximum absolute atomic E-state index is 12.2. The fraction of sp³-hybridized carbons (Fsp3) is 0.231. The van der Waals surface area contributed by atoms with E-state index in [2.05, 4.69) is 15.4 Å². The monoisotopic (exact) mass is 271 g/mol. The Labute approximate surface area is 115 Å². The minimum Gasteiger partial charge on any atom is -0.343 e. The normalized spacial score (nSPS) is 14.8. The van der Waals surface area contributed by atoms with E-state index in [1.165, 1.54) is 6.33 Å². The van der Waals surface area contributed by atoms with Gasteiger partial charge in [0.2, 0.25) is 5.91 Å². The second-order valence-corrected chi connectivity index (χ2v) is 4.48. The zero-order valence-corrected chi connectivity index (χ0v) is 10.9. The number of aryl methyl sites for hydroxylation is 1. The second-order valence-electron chi connectivity index (χ2n) is 4.48. The lowest BCUT2D eigenvalue weighted by atomic mass is 10.1. The summed E-state index contributed by atoms with van der Waals surface area (Å²) < 4.78 is 1.61. The third kappa shape index (κ3) is 2.03. The first-order valence-electron chi connectivity index (χ1n) is 6.17. The van der Waals surface area contributed by atoms with Crippen LogP contribution in [0.4, 0.5) is 5.69 Å². The lowest BCUT2D eigenvalue weighted by Gasteiger charge is -2.21. The lowest BCUT2D eigenvalue weighted by molar-refractivity contribution is -0.117. The van der Waals surface area contributed by atoms with E-state index in [1.54, 1.807) is 40.9 Å². The summed E-state index contributed by atoms with van der Waals surface area (Å²) in [6, 6.07) is 7.03. The quantitative estimate of drug-likeness (QED) is 0.839. The summed E-state index contributed by atoms with van der Waals surface area (Å²) in [6.07, 6.45) is 1.44. The number of hydrogen-bond acceptors (Lipinski definition) is 4. The summed E-state index contributed by atoms with van der Waals surface area (Å²) in [4.78, 5) is 29.8. The average molecular weight is 271 g/mol. The Hall–Kier alpha value is -2.70. The molecule has 20 heavy (non-hydrogen) atoms. The molecule has 0 atom stereocenters. The van der Waals surface area contributed by atoms with Gasteiger partial charge in [-0.1, -0.05) is 12.1 Å². The van der Waals surface area contributed by atoms with Crippen molar-refractivity contribution in [3.05, 3.63) is 42.0 Å². The molecule has 1 aromatic carbocycles. The minimum atomic E-state index is -0.241. The van der Waals surface area contributed by atoms with Crippen molar-refractivity contribution in [2.24, 2.45) is 7.05 Å². The Morgan fingerprint density at radius 3 is 2.85 bits per heavy atom. The number of anilines is 1. The van der Waals surface area contributed by atoms with E-state index >= 15 is 0 Å². The van der Waals surface area contributed by atoms with Crippen LogP contribution in [0.5, 0.6) is 0 Å². The van der Waals surface area contributed by atoms with Gasteiger partial charge in [0.15, 0.2) is 0 Å². The largest absolute Gasteiger partial charge is 0.343 e. The fourth-order valence-corrected chi connectivity index (χ4v) is 2.16. The van der Waals surface area contributed by atoms with Crippen molar-refractivity contribution in [3.8, 4) is 0 Å². The number of rotatable bonds is 2. The van der Waals surface area contributed by atoms with Crippen LogP contribution in [0, 0.1) is 0 Å². The van der Waals surface area contributed by atoms with Crippen LogP contribution in [0.3, 0.4) is 0 Å². The van der Waals surface area contributed by atoms with Gasteiger partial charge in [-0.25, -0.2) is 4.98 Å². The molecule has 7 heteroatoms. The molecule has 0 fully saturated rings. The first-order chi connectivity index (χ1) is 9.66. The number of benzene rings is 1. The fourth-order valence-electron chi connectivity index (χ4n) is 2.16. The van der Waals surface area contributed by atoms with Crippen LogP contribution < -0.4 is 10.2 Å². The Bertz CT molecular complexity index is 679. The molecule has 1 N–H and O–H groups in total. The molecule has 0 spiro atoms. The number of para-hydroxylation sites is 1. The highest BCUT2D eigenvalue weighted by Gasteiger charge is 2.26. The van der Waals surface area contributed by atoms with Crippen molar-refractivity contribution in [2.75, 3.05) is 11.4 Å². The zero-order chi connectivity index (χ0) is 14.1. The van der Waals surface area contributed by atoms with Gasteiger partial charge in [-0.05, 0) is 12.1 Å². The predicted molar refractivity (Wildman–Crippen MR) is 71.0 cm³/mol. The first kappa shape index (κ1) is 12.3. The van der Waals surface area contributed by atoms with E-state index in [0.717, 1.165) is 0 Å². The van der Waals surface area contributed by atoms with Crippen LogP contribution >= 0.6 is 0 Å². The standard InChI is InChI=1S/C13H13N5O2/c1-17-11(15-8-16-17)7-18-10-5-3-2-4-9(10)13(20)14-6-12(18)19/h2-5,8H,6-7H2,1H3,(H,14,20). The number of amides is 2. The van der Waals surface area contributed by atoms with E-state index in [9.17, 15) is 9.59 Å². The maximum atomic E-state index is 12.2. The summed E-state index contributed by atoms with van der Waals surface area (Å²) in [5, 5.41) is 6.59. The number of nitrogens with zero attached hydrogens (tertiary/aromatic N) is 4. The number of fused-ring (bicyclic) bond motifs is 1. The van der Waals surface area contributed by atoms with Crippen LogP contribution in [0.25, 0.3) is 0 Å². The molecular formula is C13H13N5O2. The van der Waals surface area contributed by atoms with Gasteiger partial charge in [0.25, 0.3) is 5.91 Å². The third-order valence-electron chi connectivity index (χ3n) is 3.25. The Morgan fingerprint density at radius 2 is 2.10 bits per heavy atom. The Balaban J connectivity index is 2.03. The smallest absolute Gasteiger partial charge is 0.253 e. The molecule has 0 unspecified atom stereocenters. The molecule has 0 radical (unpaired) electrons. The van der Waals surface area contributed by atoms with E-state index in [1.807, 2.05) is 0 Å². The SMILES string of the molecule is Cn1ncnc1CN1C(=O)CNC(=O)c2ccccc21. The lowest BCUT2D eigenvalue weighted by Crippen LogP contribution is -2.36. The average Bonchev–Trinajstić information content (AvgIpc) is 2.82. The molecule has 0 aliphatic carbocycles. The van der Waals surface area contributed by atoms with Crippen LogP contribution in [-0.2, 0) is 18.4 Å². The molecule has 1 aliphatic rings. The highest BCUT2D eigenvalue weighted by molar-refractivity contribution is 6.09. The van der Waals surface area contributed by atoms with E-state index in [-0.39, 0.29) is 24.9 Å². The molecule has 1 aliphatic heterocycles. The Morgan fingerprint density at radius 1 is 1.30 bits per heavy atom. The molecule has 7 nitrogen and oxygen atoms in total. The van der Waals surface area contributed by atoms with Gasteiger partial charge in [-0.3, -0.25) is 14.3 Å². The molecule has 2 aromatic rings. The van der Waals surface area contributed by atoms with Gasteiger partial charge in [0.1, 0.15) is 12.2 Å². The Kier molecular flexibility index (Phi) is 2.94. The van der Waals surface area contributed by atoms with Crippen molar-refractivity contribution in [1.29, 1.82) is 0 Å². The number of hydrogen-bond donors (Lipinski definition) is 1. The van der Waals surface area contributed by atoms with E-state index < -0.39 is 0 Å². The summed E-state index contributed by atoms with van der Waals surface area (Å²) in [5.41, 5.74) is 1.08. The summed E-state index contributed by atoms with van der Waals surface area (Å²) >= 11 is 0. The number of carbonyl (C=O) groups excluding carboxylic acids is 2. The second kappa shape index (κ2) is 4.76. The predicted octanol–water partition coefficient (Wildman–Crippen LogP) is 0.0917. The van der Waals surface area contributed by atoms with Gasteiger partial charge >= 0.3 is 0 Å². The van der Waals surface area contributed by atoms with Crippen molar-refractivity contribution in [2.45, 2.75) is 6.54 Å². The molecule has 0 bridgehead atoms. The summed E-state index contributed by atoms with van der Waals surface area (Å²) in [6.45, 7) is 0.257. The van der Waals surface area contributed by atoms with Crippen molar-refractivity contribution < 1.29 is 9.59 Å². The van der Waals surface area contributed by atoms with E-state index in [0.29, 0.717) is 17.1 Å². The van der Waals surface area contributed by atoms with Crippen LogP contribution in [0.15, 0.2) is 30.6 Å². The van der Waals surface area contributed by atoms with Gasteiger partial charge in [0.05, 0.1) is 24.3 Å². The number of aromatic nitrogens is 3. The highest BCUT2D eigenvalue weighted by Crippen LogP contribution is 2.23. The molecule has 2 amide bonds. The molecule has 0 saturated heterocycles. The number of nitrogens with one attached hydrogen (secondary N) is 1. The number of carbonyl (C=O) groups is 2. The van der Waals surface area contributed by atoms with Crippen molar-refractivity contribution in [1.82, 2.24) is 20.1 Å². The first-order valence-corrected chi connectivity index (χ1v) is 6.17. The minimum absolute atomic E-state index is 0.0225. The van der Waals surface area contributed by atoms with E-state index in [4.69, 9.17) is 0 Å². The van der Waals surface area contributed by atoms with Gasteiger partial charge in [-0.15, -0.1) is 0 Å². The van der Waals surface area contributed by atoms with Crippen LogP contribution in [-0.4, -0.2) is 33.1 Å². The maximum Gasteiger partial charge on any atom is 0.253 e. The van der Waals surface area contributed by atoms with Gasteiger partial charge in [0, 0.05) is 7.05 Å². The van der Waals surface area contributed by atoms with Gasteiger partial charge in [-0.2, -0.15) is 5.10 Å². The highest BCUT2D eigenvalue weighted by atomic mass is 16.2.